The molecule has 11 nitrogen and oxygen atoms in total. The van der Waals surface area contributed by atoms with Crippen LogP contribution in [-0.4, -0.2) is 90.1 Å². The summed E-state index contributed by atoms with van der Waals surface area (Å²) in [7, 11) is 3.22. The molecule has 5 unspecified atom stereocenters. The van der Waals surface area contributed by atoms with Gasteiger partial charge in [-0.05, 0) is 94.6 Å². The lowest BCUT2D eigenvalue weighted by Crippen LogP contribution is -2.54. The second kappa shape index (κ2) is 36.8. The van der Waals surface area contributed by atoms with Crippen LogP contribution in [0.2, 0.25) is 0 Å². The van der Waals surface area contributed by atoms with Gasteiger partial charge in [0.2, 0.25) is 5.91 Å². The number of aliphatic hydroxyl groups is 1. The van der Waals surface area contributed by atoms with E-state index >= 15 is 0 Å². The summed E-state index contributed by atoms with van der Waals surface area (Å²) in [5.74, 6) is 5.04. The third kappa shape index (κ3) is 28.8. The van der Waals surface area contributed by atoms with Crippen molar-refractivity contribution in [3.63, 3.8) is 0 Å². The number of rotatable bonds is 14. The average molecular weight is 814 g/mol. The Hall–Kier alpha value is -2.48. The number of allylic oxidation sites excluding steroid dienone is 1. The van der Waals surface area contributed by atoms with Crippen molar-refractivity contribution in [2.45, 2.75) is 164 Å². The molecular weight excluding hydrogens is 727 g/mol. The number of likely N-dealkylation sites (tertiary alicyclic amines) is 1. The summed E-state index contributed by atoms with van der Waals surface area (Å²) in [6, 6.07) is 10.1. The van der Waals surface area contributed by atoms with E-state index in [0.717, 1.165) is 38.6 Å². The maximum absolute atomic E-state index is 13.8. The van der Waals surface area contributed by atoms with E-state index in [4.69, 9.17) is 21.0 Å². The molecule has 1 aromatic rings. The lowest BCUT2D eigenvalue weighted by Gasteiger charge is -2.42. The maximum Gasteiger partial charge on any atom is 0.410 e. The molecular formula is C44H87N5O6S. The van der Waals surface area contributed by atoms with Gasteiger partial charge in [-0.1, -0.05) is 112 Å². The van der Waals surface area contributed by atoms with Crippen LogP contribution in [0.25, 0.3) is 0 Å². The number of amides is 2. The van der Waals surface area contributed by atoms with Gasteiger partial charge in [0.05, 0.1) is 24.5 Å². The Balaban J connectivity index is -0.000000919. The van der Waals surface area contributed by atoms with Gasteiger partial charge in [-0.25, -0.2) is 10.7 Å². The third-order valence-electron chi connectivity index (χ3n) is 8.32. The zero-order valence-electron chi connectivity index (χ0n) is 38.3. The van der Waals surface area contributed by atoms with Crippen LogP contribution in [0.3, 0.4) is 0 Å². The quantitative estimate of drug-likeness (QED) is 0.105. The highest BCUT2D eigenvalue weighted by Crippen LogP contribution is 2.29. The van der Waals surface area contributed by atoms with Crippen molar-refractivity contribution in [1.82, 2.24) is 9.80 Å². The van der Waals surface area contributed by atoms with E-state index in [0.29, 0.717) is 24.8 Å². The van der Waals surface area contributed by atoms with Crippen LogP contribution in [0.4, 0.5) is 4.79 Å². The summed E-state index contributed by atoms with van der Waals surface area (Å²) in [5.41, 5.74) is 12.0. The van der Waals surface area contributed by atoms with E-state index < -0.39 is 17.1 Å². The number of carbonyl (C=O) groups is 3. The molecule has 0 radical (unpaired) electrons. The molecule has 1 aliphatic heterocycles. The Bertz CT molecular complexity index is 1080. The number of hydrogen-bond acceptors (Lipinski definition) is 10. The van der Waals surface area contributed by atoms with Crippen LogP contribution >= 0.6 is 11.8 Å². The van der Waals surface area contributed by atoms with E-state index in [2.05, 4.69) is 82.6 Å². The zero-order valence-corrected chi connectivity index (χ0v) is 39.1. The lowest BCUT2D eigenvalue weighted by atomic mass is 9.89. The second-order valence-corrected chi connectivity index (χ2v) is 16.5. The number of piperidine rings is 1. The number of hydrogen-bond donors (Lipinski definition) is 4. The molecule has 0 aliphatic carbocycles. The highest BCUT2D eigenvalue weighted by Gasteiger charge is 2.39. The molecule has 2 rings (SSSR count). The first-order valence-corrected chi connectivity index (χ1v) is 21.6. The molecule has 1 heterocycles. The number of nitrogens with two attached hydrogens (primary N) is 3. The largest absolute Gasteiger partial charge is 0.444 e. The highest BCUT2D eigenvalue weighted by atomic mass is 32.2. The minimum absolute atomic E-state index is 0.0232. The van der Waals surface area contributed by atoms with Crippen LogP contribution in [0.1, 0.15) is 134 Å². The molecule has 330 valence electrons. The molecule has 0 spiro atoms. The standard InChI is InChI=1S/C35H59N3O4S.C3H8.C2H7N.C2H6.CH5NO.CH2O/c1-24(2)21-28(22-27-15-11-10-12-16-27)18-20-43-32(36)31(39)23-30(25(3)4)37(9)33(40)26(5)29-17-13-14-19-38(29)34(41)42-35(6,7)8;1-3-2;1-2-3;1-2;1-3-2;1-2/h10-12,15-16,18,20,24-26,28-32,39H,13-14,17,19,21-23,36H2,1-9H3;3H2,1-2H3;2-3H2,1H3;1-2H3;2H2,1H3;1H2/b20-18+;;;;;/t26?,28-,29?,30?,31?,32?;;;;;/m1...../s1. The summed E-state index contributed by atoms with van der Waals surface area (Å²) in [5, 5.41) is 12.7. The normalized spacial score (nSPS) is 16.3. The molecule has 1 aromatic carbocycles. The smallest absolute Gasteiger partial charge is 0.410 e. The van der Waals surface area contributed by atoms with Crippen molar-refractivity contribution in [1.29, 1.82) is 0 Å². The number of thioether (sulfide) groups is 1. The molecule has 6 atom stereocenters. The topological polar surface area (TPSA) is 174 Å². The van der Waals surface area contributed by atoms with E-state index in [1.807, 2.05) is 73.8 Å². The van der Waals surface area contributed by atoms with Crippen molar-refractivity contribution >= 4 is 30.6 Å². The summed E-state index contributed by atoms with van der Waals surface area (Å²) in [6.07, 6.45) is 7.42. The van der Waals surface area contributed by atoms with E-state index in [-0.39, 0.29) is 35.9 Å². The van der Waals surface area contributed by atoms with Crippen LogP contribution < -0.4 is 17.4 Å². The van der Waals surface area contributed by atoms with Gasteiger partial charge < -0.3 is 40.7 Å². The first-order chi connectivity index (χ1) is 26.3. The van der Waals surface area contributed by atoms with Gasteiger partial charge >= 0.3 is 6.09 Å². The summed E-state index contributed by atoms with van der Waals surface area (Å²) < 4.78 is 5.66. The molecule has 56 heavy (non-hydrogen) atoms. The molecule has 0 bridgehead atoms. The fraction of sp³-hybridized carbons (Fsp3) is 0.750. The van der Waals surface area contributed by atoms with Gasteiger partial charge in [0.1, 0.15) is 12.4 Å². The maximum atomic E-state index is 13.8. The summed E-state index contributed by atoms with van der Waals surface area (Å²) in [6.45, 7) is 29.6. The van der Waals surface area contributed by atoms with Gasteiger partial charge in [0.15, 0.2) is 0 Å². The van der Waals surface area contributed by atoms with Crippen molar-refractivity contribution in [2.75, 3.05) is 27.2 Å². The molecule has 12 heteroatoms. The van der Waals surface area contributed by atoms with Crippen molar-refractivity contribution in [3.8, 4) is 0 Å². The van der Waals surface area contributed by atoms with Crippen molar-refractivity contribution in [2.24, 2.45) is 41.0 Å². The van der Waals surface area contributed by atoms with Gasteiger partial charge in [-0.2, -0.15) is 0 Å². The molecule has 1 saturated heterocycles. The van der Waals surface area contributed by atoms with Gasteiger partial charge in [0, 0.05) is 25.7 Å². The van der Waals surface area contributed by atoms with E-state index in [1.54, 1.807) is 9.80 Å². The molecule has 0 aromatic heterocycles. The van der Waals surface area contributed by atoms with Gasteiger partial charge in [-0.3, -0.25) is 4.79 Å². The Morgan fingerprint density at radius 2 is 1.54 bits per heavy atom. The monoisotopic (exact) mass is 814 g/mol. The number of aliphatic hydroxyl groups excluding tert-OH is 1. The van der Waals surface area contributed by atoms with Crippen molar-refractivity contribution < 1.29 is 29.1 Å². The first kappa shape index (κ1) is 60.2. The number of ether oxygens (including phenoxy) is 1. The number of carbonyl (C=O) groups excluding carboxylic acids is 3. The average Bonchev–Trinajstić information content (AvgIpc) is 3.14. The van der Waals surface area contributed by atoms with Gasteiger partial charge in [-0.15, -0.1) is 11.8 Å². The van der Waals surface area contributed by atoms with E-state index in [9.17, 15) is 14.7 Å². The summed E-state index contributed by atoms with van der Waals surface area (Å²) in [4.78, 5) is 42.0. The minimum Gasteiger partial charge on any atom is -0.444 e. The Labute approximate surface area is 348 Å². The molecule has 2 amide bonds. The SMILES string of the molecule is C=O.CC.CC(C)C[C@@H](/C=C/SC(N)C(O)CC(C(C)C)N(C)C(=O)C(C)C1CCCCN1C(=O)OC(C)(C)C)Cc1ccccc1.CCC.CCN.CON. The molecule has 0 saturated carbocycles. The molecule has 7 N–H and O–H groups in total. The van der Waals surface area contributed by atoms with Gasteiger partial charge in [0.25, 0.3) is 0 Å². The Morgan fingerprint density at radius 3 is 1.98 bits per heavy atom. The zero-order chi connectivity index (χ0) is 44.4. The second-order valence-electron chi connectivity index (χ2n) is 15.4. The fourth-order valence-electron chi connectivity index (χ4n) is 6.02. The summed E-state index contributed by atoms with van der Waals surface area (Å²) >= 11 is 1.45. The Morgan fingerprint density at radius 1 is 1.04 bits per heavy atom. The fourth-order valence-corrected chi connectivity index (χ4v) is 6.81. The highest BCUT2D eigenvalue weighted by molar-refractivity contribution is 8.02. The first-order valence-electron chi connectivity index (χ1n) is 20.6. The minimum atomic E-state index is -0.779. The van der Waals surface area contributed by atoms with Crippen LogP contribution in [0, 0.1) is 23.7 Å². The predicted octanol–water partition coefficient (Wildman–Crippen LogP) is 8.81. The third-order valence-corrected chi connectivity index (χ3v) is 9.26. The van der Waals surface area contributed by atoms with Crippen molar-refractivity contribution in [3.05, 3.63) is 47.4 Å². The molecule has 1 aliphatic rings. The number of benzene rings is 1. The number of nitrogens with zero attached hydrogens (tertiary/aromatic N) is 2. The lowest BCUT2D eigenvalue weighted by molar-refractivity contribution is -0.140. The van der Waals surface area contributed by atoms with Crippen LogP contribution in [0.5, 0.6) is 0 Å². The van der Waals surface area contributed by atoms with Crippen LogP contribution in [-0.2, 0) is 25.6 Å². The molecule has 1 fully saturated rings. The Kier molecular flexibility index (Phi) is 39.6. The van der Waals surface area contributed by atoms with E-state index in [1.165, 1.54) is 30.9 Å². The van der Waals surface area contributed by atoms with Crippen LogP contribution in [0.15, 0.2) is 41.8 Å². The predicted molar refractivity (Wildman–Crippen MR) is 240 cm³/mol.